The van der Waals surface area contributed by atoms with E-state index >= 15 is 0 Å². The summed E-state index contributed by atoms with van der Waals surface area (Å²) in [6.45, 7) is 5.69. The Labute approximate surface area is 166 Å². The van der Waals surface area contributed by atoms with Crippen LogP contribution in [0.15, 0.2) is 66.4 Å². The first-order valence-electron chi connectivity index (χ1n) is 10.0. The molecule has 4 rings (SSSR count). The van der Waals surface area contributed by atoms with Gasteiger partial charge in [-0.3, -0.25) is 9.78 Å². The monoisotopic (exact) mass is 370 g/mol. The average molecular weight is 370 g/mol. The van der Waals surface area contributed by atoms with Gasteiger partial charge in [-0.1, -0.05) is 48.9 Å². The Morgan fingerprint density at radius 2 is 1.96 bits per heavy atom. The summed E-state index contributed by atoms with van der Waals surface area (Å²) in [5.74, 6) is 0.250. The third-order valence-corrected chi connectivity index (χ3v) is 5.60. The highest BCUT2D eigenvalue weighted by Gasteiger charge is 2.15. The molecule has 0 fully saturated rings. The van der Waals surface area contributed by atoms with Gasteiger partial charge in [-0.2, -0.15) is 0 Å². The highest BCUT2D eigenvalue weighted by atomic mass is 16.2. The second-order valence-electron chi connectivity index (χ2n) is 7.54. The fourth-order valence-corrected chi connectivity index (χ4v) is 3.93. The van der Waals surface area contributed by atoms with Crippen LogP contribution in [0, 0.1) is 6.92 Å². The van der Waals surface area contributed by atoms with E-state index in [1.54, 1.807) is 0 Å². The summed E-state index contributed by atoms with van der Waals surface area (Å²) in [5, 5.41) is 1.18. The molecule has 3 heteroatoms. The van der Waals surface area contributed by atoms with E-state index in [2.05, 4.69) is 60.4 Å². The van der Waals surface area contributed by atoms with Gasteiger partial charge >= 0.3 is 0 Å². The highest BCUT2D eigenvalue weighted by molar-refractivity contribution is 5.86. The number of rotatable bonds is 4. The van der Waals surface area contributed by atoms with Gasteiger partial charge in [0.1, 0.15) is 0 Å². The molecule has 1 aliphatic heterocycles. The number of pyridine rings is 1. The van der Waals surface area contributed by atoms with Crippen molar-refractivity contribution in [1.29, 1.82) is 0 Å². The molecule has 0 saturated heterocycles. The maximum atomic E-state index is 11.8. The number of carbonyl (C=O) groups is 1. The summed E-state index contributed by atoms with van der Waals surface area (Å²) in [7, 11) is 0. The predicted molar refractivity (Wildman–Crippen MR) is 115 cm³/mol. The van der Waals surface area contributed by atoms with Gasteiger partial charge in [0.15, 0.2) is 0 Å². The topological polar surface area (TPSA) is 33.2 Å². The van der Waals surface area contributed by atoms with Gasteiger partial charge in [-0.25, -0.2) is 0 Å². The van der Waals surface area contributed by atoms with Crippen molar-refractivity contribution in [2.45, 2.75) is 33.1 Å². The molecule has 0 radical (unpaired) electrons. The molecule has 1 amide bonds. The number of amides is 1. The lowest BCUT2D eigenvalue weighted by Crippen LogP contribution is -2.34. The molecule has 2 aromatic carbocycles. The van der Waals surface area contributed by atoms with Crippen LogP contribution in [-0.2, 0) is 11.2 Å². The summed E-state index contributed by atoms with van der Waals surface area (Å²) in [5.41, 5.74) is 7.52. The third-order valence-electron chi connectivity index (χ3n) is 5.60. The van der Waals surface area contributed by atoms with Gasteiger partial charge in [0.05, 0.1) is 5.52 Å². The SMILES string of the molecule is CCC(=O)N1CC=C(Cc2ccc(-c3cc4ncccc4cc3C)cc2)CC1. The van der Waals surface area contributed by atoms with Gasteiger partial charge in [-0.15, -0.1) is 0 Å². The van der Waals surface area contributed by atoms with E-state index in [4.69, 9.17) is 0 Å². The van der Waals surface area contributed by atoms with Crippen molar-refractivity contribution >= 4 is 16.8 Å². The Balaban J connectivity index is 1.50. The molecule has 1 aromatic heterocycles. The number of hydrogen-bond donors (Lipinski definition) is 0. The number of nitrogens with zero attached hydrogens (tertiary/aromatic N) is 2. The van der Waals surface area contributed by atoms with Gasteiger partial charge in [0.25, 0.3) is 0 Å². The first-order chi connectivity index (χ1) is 13.6. The van der Waals surface area contributed by atoms with Crippen LogP contribution in [0.25, 0.3) is 22.0 Å². The first kappa shape index (κ1) is 18.4. The summed E-state index contributed by atoms with van der Waals surface area (Å²) < 4.78 is 0. The molecular weight excluding hydrogens is 344 g/mol. The lowest BCUT2D eigenvalue weighted by Gasteiger charge is -2.26. The Morgan fingerprint density at radius 3 is 2.68 bits per heavy atom. The van der Waals surface area contributed by atoms with E-state index in [9.17, 15) is 4.79 Å². The highest BCUT2D eigenvalue weighted by Crippen LogP contribution is 2.28. The molecule has 2 heterocycles. The molecule has 0 aliphatic carbocycles. The van der Waals surface area contributed by atoms with Crippen molar-refractivity contribution in [3.05, 3.63) is 77.5 Å². The predicted octanol–water partition coefficient (Wildman–Crippen LogP) is 5.32. The first-order valence-corrected chi connectivity index (χ1v) is 10.0. The Hall–Kier alpha value is -2.94. The molecule has 1 aliphatic rings. The van der Waals surface area contributed by atoms with Crippen molar-refractivity contribution in [3.8, 4) is 11.1 Å². The number of hydrogen-bond acceptors (Lipinski definition) is 2. The summed E-state index contributed by atoms with van der Waals surface area (Å²) in [6, 6.07) is 17.3. The van der Waals surface area contributed by atoms with Crippen LogP contribution in [0.4, 0.5) is 0 Å². The number of carbonyl (C=O) groups excluding carboxylic acids is 1. The van der Waals surface area contributed by atoms with E-state index in [0.29, 0.717) is 6.42 Å². The lowest BCUT2D eigenvalue weighted by molar-refractivity contribution is -0.130. The zero-order valence-electron chi connectivity index (χ0n) is 16.6. The molecule has 142 valence electrons. The van der Waals surface area contributed by atoms with Gasteiger partial charge in [-0.05, 0) is 60.2 Å². The molecule has 0 unspecified atom stereocenters. The molecule has 0 bridgehead atoms. The maximum Gasteiger partial charge on any atom is 0.222 e. The Morgan fingerprint density at radius 1 is 1.14 bits per heavy atom. The number of fused-ring (bicyclic) bond motifs is 1. The molecule has 3 aromatic rings. The summed E-state index contributed by atoms with van der Waals surface area (Å²) >= 11 is 0. The molecule has 0 saturated carbocycles. The number of benzene rings is 2. The average Bonchev–Trinajstić information content (AvgIpc) is 2.74. The van der Waals surface area contributed by atoms with Crippen LogP contribution in [0.5, 0.6) is 0 Å². The van der Waals surface area contributed by atoms with Crippen LogP contribution in [0.1, 0.15) is 30.9 Å². The fraction of sp³-hybridized carbons (Fsp3) is 0.280. The third kappa shape index (κ3) is 3.84. The van der Waals surface area contributed by atoms with Crippen molar-refractivity contribution < 1.29 is 4.79 Å². The maximum absolute atomic E-state index is 11.8. The van der Waals surface area contributed by atoms with Crippen LogP contribution < -0.4 is 0 Å². The zero-order chi connectivity index (χ0) is 19.5. The van der Waals surface area contributed by atoms with Gasteiger partial charge < -0.3 is 4.90 Å². The van der Waals surface area contributed by atoms with Gasteiger partial charge in [0, 0.05) is 31.1 Å². The van der Waals surface area contributed by atoms with E-state index in [1.807, 2.05) is 24.1 Å². The minimum absolute atomic E-state index is 0.250. The van der Waals surface area contributed by atoms with Crippen molar-refractivity contribution in [1.82, 2.24) is 9.88 Å². The summed E-state index contributed by atoms with van der Waals surface area (Å²) in [4.78, 5) is 18.2. The van der Waals surface area contributed by atoms with E-state index in [0.717, 1.165) is 31.4 Å². The van der Waals surface area contributed by atoms with Crippen LogP contribution in [0.2, 0.25) is 0 Å². The minimum atomic E-state index is 0.250. The fourth-order valence-electron chi connectivity index (χ4n) is 3.93. The molecule has 3 nitrogen and oxygen atoms in total. The minimum Gasteiger partial charge on any atom is -0.339 e. The van der Waals surface area contributed by atoms with Crippen molar-refractivity contribution in [2.75, 3.05) is 13.1 Å². The normalized spacial score (nSPS) is 14.2. The van der Waals surface area contributed by atoms with Gasteiger partial charge in [0.2, 0.25) is 5.91 Å². The second kappa shape index (κ2) is 7.97. The largest absolute Gasteiger partial charge is 0.339 e. The second-order valence-corrected chi connectivity index (χ2v) is 7.54. The molecular formula is C25H26N2O. The smallest absolute Gasteiger partial charge is 0.222 e. The van der Waals surface area contributed by atoms with E-state index < -0.39 is 0 Å². The number of aryl methyl sites for hydroxylation is 1. The molecule has 0 spiro atoms. The van der Waals surface area contributed by atoms with Crippen molar-refractivity contribution in [3.63, 3.8) is 0 Å². The van der Waals surface area contributed by atoms with Crippen LogP contribution >= 0.6 is 0 Å². The summed E-state index contributed by atoms with van der Waals surface area (Å²) in [6.07, 6.45) is 6.60. The van der Waals surface area contributed by atoms with Crippen LogP contribution in [-0.4, -0.2) is 28.9 Å². The van der Waals surface area contributed by atoms with Crippen LogP contribution in [0.3, 0.4) is 0 Å². The molecule has 0 N–H and O–H groups in total. The lowest BCUT2D eigenvalue weighted by atomic mass is 9.95. The standard InChI is InChI=1S/C25H26N2O/c1-3-25(28)27-13-10-20(11-14-27)16-19-6-8-21(9-7-19)23-17-24-22(15-18(23)2)5-4-12-26-24/h4-10,12,15,17H,3,11,13-14,16H2,1-2H3. The Kier molecular flexibility index (Phi) is 5.25. The molecule has 28 heavy (non-hydrogen) atoms. The zero-order valence-corrected chi connectivity index (χ0v) is 16.6. The Bertz CT molecular complexity index is 1030. The van der Waals surface area contributed by atoms with Crippen molar-refractivity contribution in [2.24, 2.45) is 0 Å². The van der Waals surface area contributed by atoms with E-state index in [1.165, 1.54) is 33.2 Å². The molecule has 0 atom stereocenters. The van der Waals surface area contributed by atoms with E-state index in [-0.39, 0.29) is 5.91 Å². The number of aromatic nitrogens is 1. The quantitative estimate of drug-likeness (QED) is 0.582.